The maximum Gasteiger partial charge on any atom is 0.164 e. The van der Waals surface area contributed by atoms with Crippen molar-refractivity contribution in [2.24, 2.45) is 0 Å². The summed E-state index contributed by atoms with van der Waals surface area (Å²) in [5, 5.41) is 1.96. The number of hydrogen-bond donors (Lipinski definition) is 0. The van der Waals surface area contributed by atoms with Crippen LogP contribution in [0.5, 0.6) is 0 Å². The van der Waals surface area contributed by atoms with Gasteiger partial charge in [0.2, 0.25) is 0 Å². The fourth-order valence-electron chi connectivity index (χ4n) is 12.1. The minimum Gasteiger partial charge on any atom is -0.456 e. The summed E-state index contributed by atoms with van der Waals surface area (Å²) >= 11 is 0. The summed E-state index contributed by atoms with van der Waals surface area (Å²) < 4.78 is 6.65. The quantitative estimate of drug-likeness (QED) is 0.160. The van der Waals surface area contributed by atoms with Gasteiger partial charge < -0.3 is 4.42 Å². The first-order valence-corrected chi connectivity index (χ1v) is 25.2. The van der Waals surface area contributed by atoms with Gasteiger partial charge in [-0.05, 0) is 113 Å². The molecular weight excluding hydrogens is 899 g/mol. The van der Waals surface area contributed by atoms with Crippen LogP contribution in [0, 0.1) is 0 Å². The third-order valence-corrected chi connectivity index (χ3v) is 15.4. The predicted octanol–water partition coefficient (Wildman–Crippen LogP) is 17.8. The van der Waals surface area contributed by atoms with Crippen molar-refractivity contribution in [2.75, 3.05) is 0 Å². The van der Waals surface area contributed by atoms with Gasteiger partial charge in [0.1, 0.15) is 11.2 Å². The van der Waals surface area contributed by atoms with Gasteiger partial charge in [-0.3, -0.25) is 0 Å². The van der Waals surface area contributed by atoms with Crippen molar-refractivity contribution in [1.82, 2.24) is 15.0 Å². The van der Waals surface area contributed by atoms with Crippen LogP contribution in [0.3, 0.4) is 0 Å². The molecule has 0 atom stereocenters. The Balaban J connectivity index is 0.857. The molecule has 2 aromatic heterocycles. The molecule has 2 aliphatic carbocycles. The zero-order valence-corrected chi connectivity index (χ0v) is 40.1. The fourth-order valence-corrected chi connectivity index (χ4v) is 12.1. The van der Waals surface area contributed by atoms with E-state index in [0.29, 0.717) is 17.5 Å². The third-order valence-electron chi connectivity index (χ3n) is 15.4. The second kappa shape index (κ2) is 16.7. The van der Waals surface area contributed by atoms with E-state index < -0.39 is 5.41 Å². The van der Waals surface area contributed by atoms with E-state index in [1.165, 1.54) is 55.6 Å². The summed E-state index contributed by atoms with van der Waals surface area (Å²) in [6.07, 6.45) is 0. The molecule has 4 heteroatoms. The summed E-state index contributed by atoms with van der Waals surface area (Å²) in [6, 6.07) is 93.5. The molecule has 2 aliphatic rings. The molecule has 2 heterocycles. The molecule has 15 rings (SSSR count). The van der Waals surface area contributed by atoms with Crippen LogP contribution in [0.4, 0.5) is 0 Å². The number of rotatable bonds is 7. The lowest BCUT2D eigenvalue weighted by molar-refractivity contribution is 0.669. The number of aromatic nitrogens is 3. The monoisotopic (exact) mass is 941 g/mol. The number of furan rings is 1. The van der Waals surface area contributed by atoms with Crippen LogP contribution in [0.15, 0.2) is 265 Å². The third kappa shape index (κ3) is 6.45. The van der Waals surface area contributed by atoms with E-state index in [9.17, 15) is 0 Å². The van der Waals surface area contributed by atoms with Crippen LogP contribution in [0.25, 0.3) is 123 Å². The van der Waals surface area contributed by atoms with Crippen LogP contribution < -0.4 is 0 Å². The minimum absolute atomic E-state index is 0.405. The summed E-state index contributed by atoms with van der Waals surface area (Å²) in [5.74, 6) is 1.77. The largest absolute Gasteiger partial charge is 0.456 e. The predicted molar refractivity (Wildman–Crippen MR) is 301 cm³/mol. The van der Waals surface area contributed by atoms with Crippen molar-refractivity contribution >= 4 is 21.9 Å². The Kier molecular flexibility index (Phi) is 9.45. The van der Waals surface area contributed by atoms with Crippen molar-refractivity contribution in [1.29, 1.82) is 0 Å². The lowest BCUT2D eigenvalue weighted by atomic mass is 9.70. The Morgan fingerprint density at radius 1 is 0.257 bits per heavy atom. The standard InChI is InChI=1S/C70H43N3O/c1-3-16-44(17-4-1)46-32-36-48(37-33-46)67-71-68(49-38-34-47(35-39-49)45-18-5-2-6-19-45)73-69(72-67)57-26-15-31-64-66(57)58-43-51(40-41-63(58)74-64)50-20-13-21-52(42-50)53-25-14-30-62-65(53)56-24-9-12-29-61(56)70(62)59-27-10-7-22-54(59)55-23-8-11-28-60(55)70/h1-43H. The normalized spacial score (nSPS) is 12.7. The Hall–Kier alpha value is -9.77. The molecule has 0 saturated carbocycles. The minimum atomic E-state index is -0.405. The lowest BCUT2D eigenvalue weighted by Crippen LogP contribution is -2.25. The van der Waals surface area contributed by atoms with Gasteiger partial charge in [-0.1, -0.05) is 237 Å². The maximum atomic E-state index is 6.65. The summed E-state index contributed by atoms with van der Waals surface area (Å²) in [7, 11) is 0. The average molecular weight is 942 g/mol. The molecule has 0 bridgehead atoms. The van der Waals surface area contributed by atoms with Crippen molar-refractivity contribution < 1.29 is 4.42 Å². The van der Waals surface area contributed by atoms with Gasteiger partial charge in [-0.15, -0.1) is 0 Å². The first kappa shape index (κ1) is 42.0. The number of fused-ring (bicyclic) bond motifs is 13. The molecule has 74 heavy (non-hydrogen) atoms. The Labute approximate surface area is 428 Å². The van der Waals surface area contributed by atoms with Gasteiger partial charge in [0.05, 0.1) is 5.41 Å². The van der Waals surface area contributed by atoms with Crippen LogP contribution in [0.1, 0.15) is 22.3 Å². The second-order valence-corrected chi connectivity index (χ2v) is 19.4. The zero-order valence-electron chi connectivity index (χ0n) is 40.1. The van der Waals surface area contributed by atoms with Crippen LogP contribution in [-0.4, -0.2) is 15.0 Å². The Morgan fingerprint density at radius 2 is 0.676 bits per heavy atom. The van der Waals surface area contributed by atoms with Crippen molar-refractivity contribution in [2.45, 2.75) is 5.41 Å². The number of nitrogens with zero attached hydrogens (tertiary/aromatic N) is 3. The molecular formula is C70H43N3O. The summed E-state index contributed by atoms with van der Waals surface area (Å²) in [5.41, 5.74) is 23.6. The highest BCUT2D eigenvalue weighted by Gasteiger charge is 2.52. The van der Waals surface area contributed by atoms with Crippen LogP contribution in [-0.2, 0) is 5.41 Å². The first-order valence-electron chi connectivity index (χ1n) is 25.2. The van der Waals surface area contributed by atoms with E-state index in [4.69, 9.17) is 19.4 Å². The summed E-state index contributed by atoms with van der Waals surface area (Å²) in [4.78, 5) is 15.7. The Morgan fingerprint density at radius 3 is 1.31 bits per heavy atom. The second-order valence-electron chi connectivity index (χ2n) is 19.4. The fraction of sp³-hybridized carbons (Fsp3) is 0.0143. The van der Waals surface area contributed by atoms with Gasteiger partial charge in [0.25, 0.3) is 0 Å². The van der Waals surface area contributed by atoms with Crippen molar-refractivity contribution in [3.05, 3.63) is 283 Å². The van der Waals surface area contributed by atoms with Gasteiger partial charge in [-0.25, -0.2) is 15.0 Å². The molecule has 4 nitrogen and oxygen atoms in total. The molecule has 344 valence electrons. The van der Waals surface area contributed by atoms with Crippen molar-refractivity contribution in [3.63, 3.8) is 0 Å². The van der Waals surface area contributed by atoms with Crippen molar-refractivity contribution in [3.8, 4) is 101 Å². The molecule has 0 radical (unpaired) electrons. The highest BCUT2D eigenvalue weighted by Crippen LogP contribution is 2.64. The highest BCUT2D eigenvalue weighted by molar-refractivity contribution is 6.13. The Bertz CT molecular complexity index is 4200. The molecule has 13 aromatic rings. The molecule has 11 aromatic carbocycles. The SMILES string of the molecule is c1ccc(-c2ccc(-c3nc(-c4ccc(-c5ccccc5)cc4)nc(-c4cccc5oc6ccc(-c7cccc(-c8cccc9c8-c8ccccc8C98c9ccccc9-c9ccccc98)c7)cc6c45)n3)cc2)cc1. The van der Waals surface area contributed by atoms with E-state index in [0.717, 1.165) is 72.0 Å². The maximum absolute atomic E-state index is 6.65. The van der Waals surface area contributed by atoms with E-state index >= 15 is 0 Å². The van der Waals surface area contributed by atoms with E-state index in [-0.39, 0.29) is 0 Å². The highest BCUT2D eigenvalue weighted by atomic mass is 16.3. The average Bonchev–Trinajstić information content (AvgIpc) is 4.12. The van der Waals surface area contributed by atoms with Gasteiger partial charge in [0, 0.05) is 27.5 Å². The van der Waals surface area contributed by atoms with Gasteiger partial charge in [-0.2, -0.15) is 0 Å². The molecule has 0 saturated heterocycles. The molecule has 0 N–H and O–H groups in total. The van der Waals surface area contributed by atoms with Crippen LogP contribution >= 0.6 is 0 Å². The number of hydrogen-bond acceptors (Lipinski definition) is 4. The molecule has 0 fully saturated rings. The van der Waals surface area contributed by atoms with Crippen LogP contribution in [0.2, 0.25) is 0 Å². The molecule has 0 aliphatic heterocycles. The van der Waals surface area contributed by atoms with Gasteiger partial charge in [0.15, 0.2) is 17.5 Å². The number of benzene rings is 11. The van der Waals surface area contributed by atoms with E-state index in [1.54, 1.807) is 0 Å². The molecule has 0 unspecified atom stereocenters. The van der Waals surface area contributed by atoms with E-state index in [2.05, 4.69) is 237 Å². The van der Waals surface area contributed by atoms with E-state index in [1.807, 2.05) is 24.3 Å². The molecule has 1 spiro atoms. The zero-order chi connectivity index (χ0) is 48.7. The smallest absolute Gasteiger partial charge is 0.164 e. The van der Waals surface area contributed by atoms with Gasteiger partial charge >= 0.3 is 0 Å². The lowest BCUT2D eigenvalue weighted by Gasteiger charge is -2.30. The first-order chi connectivity index (χ1) is 36.7. The molecule has 0 amide bonds. The topological polar surface area (TPSA) is 51.8 Å². The summed E-state index contributed by atoms with van der Waals surface area (Å²) in [6.45, 7) is 0.